The van der Waals surface area contributed by atoms with E-state index in [0.29, 0.717) is 18.7 Å². The normalized spacial score (nSPS) is 15.4. The summed E-state index contributed by atoms with van der Waals surface area (Å²) in [6, 6.07) is 5.62. The first-order valence-electron chi connectivity index (χ1n) is 11.1. The lowest BCUT2D eigenvalue weighted by molar-refractivity contribution is -0.141. The molecule has 0 radical (unpaired) electrons. The molecule has 1 fully saturated rings. The van der Waals surface area contributed by atoms with Crippen LogP contribution < -0.4 is 4.90 Å². The smallest absolute Gasteiger partial charge is 0.248 e. The highest BCUT2D eigenvalue weighted by Crippen LogP contribution is 2.26. The number of unbranched alkanes of at least 4 members (excludes halogenated alkanes) is 1. The highest BCUT2D eigenvalue weighted by molar-refractivity contribution is 6.00. The molecule has 0 bridgehead atoms. The third kappa shape index (κ3) is 7.64. The Bertz CT molecular complexity index is 773. The molecule has 6 nitrogen and oxygen atoms in total. The number of benzene rings is 1. The quantitative estimate of drug-likeness (QED) is 0.590. The number of halogens is 1. The summed E-state index contributed by atoms with van der Waals surface area (Å²) in [6.07, 6.45) is 3.10. The Morgan fingerprint density at radius 1 is 1.19 bits per heavy atom. The van der Waals surface area contributed by atoms with Gasteiger partial charge in [-0.2, -0.15) is 0 Å². The molecule has 0 unspecified atom stereocenters. The van der Waals surface area contributed by atoms with Gasteiger partial charge in [0.1, 0.15) is 19.0 Å². The fourth-order valence-corrected chi connectivity index (χ4v) is 4.01. The second-order valence-electron chi connectivity index (χ2n) is 9.77. The molecule has 1 aromatic rings. The van der Waals surface area contributed by atoms with Crippen LogP contribution in [0.1, 0.15) is 60.3 Å². The predicted octanol–water partition coefficient (Wildman–Crippen LogP) is 4.05. The van der Waals surface area contributed by atoms with Gasteiger partial charge in [0.05, 0.1) is 6.54 Å². The maximum Gasteiger partial charge on any atom is 0.248 e. The number of nitrogens with zero attached hydrogens (tertiary/aromatic N) is 3. The third-order valence-electron chi connectivity index (χ3n) is 5.37. The van der Waals surface area contributed by atoms with E-state index in [0.717, 1.165) is 19.3 Å². The summed E-state index contributed by atoms with van der Waals surface area (Å²) in [6.45, 7) is 11.2. The summed E-state index contributed by atoms with van der Waals surface area (Å²) in [7, 11) is 0. The number of anilines is 1. The Labute approximate surface area is 185 Å². The van der Waals surface area contributed by atoms with Gasteiger partial charge in [-0.15, -0.1) is 0 Å². The highest BCUT2D eigenvalue weighted by atomic mass is 19.1. The topological polar surface area (TPSA) is 60.9 Å². The second kappa shape index (κ2) is 10.7. The summed E-state index contributed by atoms with van der Waals surface area (Å²) in [5.74, 6) is -0.626. The molecular weight excluding hydrogens is 397 g/mol. The van der Waals surface area contributed by atoms with Gasteiger partial charge in [0.15, 0.2) is 0 Å². The number of carbonyl (C=O) groups excluding carboxylic acids is 3. The standard InChI is InChI=1S/C24H36FN3O3/c1-6-7-12-26(21(29)13-18(2)14-24(3,4)5)15-22(30)27-16-23(31)28(17-27)20-10-8-19(25)9-11-20/h8-11,18H,6-7,12-17H2,1-5H3/t18-/m1/s1. The van der Waals surface area contributed by atoms with E-state index in [1.54, 1.807) is 4.90 Å². The van der Waals surface area contributed by atoms with Crippen LogP contribution in [0.3, 0.4) is 0 Å². The van der Waals surface area contributed by atoms with E-state index in [4.69, 9.17) is 0 Å². The van der Waals surface area contributed by atoms with Crippen molar-refractivity contribution in [1.82, 2.24) is 9.80 Å². The van der Waals surface area contributed by atoms with E-state index in [2.05, 4.69) is 27.7 Å². The number of carbonyl (C=O) groups is 3. The molecule has 31 heavy (non-hydrogen) atoms. The molecule has 3 amide bonds. The minimum Gasteiger partial charge on any atom is -0.333 e. The first-order chi connectivity index (χ1) is 14.5. The predicted molar refractivity (Wildman–Crippen MR) is 120 cm³/mol. The van der Waals surface area contributed by atoms with Crippen molar-refractivity contribution < 1.29 is 18.8 Å². The second-order valence-corrected chi connectivity index (χ2v) is 9.77. The number of rotatable bonds is 9. The van der Waals surface area contributed by atoms with E-state index in [1.165, 1.54) is 34.1 Å². The Kier molecular flexibility index (Phi) is 8.60. The zero-order valence-electron chi connectivity index (χ0n) is 19.5. The lowest BCUT2D eigenvalue weighted by Crippen LogP contribution is -2.43. The van der Waals surface area contributed by atoms with Crippen LogP contribution >= 0.6 is 0 Å². The zero-order chi connectivity index (χ0) is 23.2. The average molecular weight is 434 g/mol. The number of hydrogen-bond donors (Lipinski definition) is 0. The largest absolute Gasteiger partial charge is 0.333 e. The molecule has 0 saturated carbocycles. The van der Waals surface area contributed by atoms with E-state index in [1.807, 2.05) is 6.92 Å². The van der Waals surface area contributed by atoms with E-state index >= 15 is 0 Å². The summed E-state index contributed by atoms with van der Waals surface area (Å²) >= 11 is 0. The summed E-state index contributed by atoms with van der Waals surface area (Å²) in [5, 5.41) is 0. The van der Waals surface area contributed by atoms with E-state index in [-0.39, 0.29) is 54.6 Å². The van der Waals surface area contributed by atoms with Crippen molar-refractivity contribution in [3.05, 3.63) is 30.1 Å². The molecule has 1 aliphatic rings. The van der Waals surface area contributed by atoms with Crippen LogP contribution in [-0.4, -0.2) is 53.8 Å². The molecule has 2 rings (SSSR count). The molecule has 1 saturated heterocycles. The summed E-state index contributed by atoms with van der Waals surface area (Å²) in [4.78, 5) is 42.8. The van der Waals surface area contributed by atoms with Crippen LogP contribution in [0.4, 0.5) is 10.1 Å². The fraction of sp³-hybridized carbons (Fsp3) is 0.625. The number of hydrogen-bond acceptors (Lipinski definition) is 3. The Balaban J connectivity index is 2.00. The van der Waals surface area contributed by atoms with Gasteiger partial charge in [0.2, 0.25) is 17.7 Å². The zero-order valence-corrected chi connectivity index (χ0v) is 19.5. The molecule has 172 valence electrons. The molecule has 7 heteroatoms. The van der Waals surface area contributed by atoms with Crippen molar-refractivity contribution in [1.29, 1.82) is 0 Å². The fourth-order valence-electron chi connectivity index (χ4n) is 4.01. The lowest BCUT2D eigenvalue weighted by Gasteiger charge is -2.28. The van der Waals surface area contributed by atoms with Crippen molar-refractivity contribution in [2.24, 2.45) is 11.3 Å². The van der Waals surface area contributed by atoms with Crippen LogP contribution in [0.15, 0.2) is 24.3 Å². The Morgan fingerprint density at radius 3 is 2.42 bits per heavy atom. The molecular formula is C24H36FN3O3. The molecule has 1 aromatic carbocycles. The number of amides is 3. The van der Waals surface area contributed by atoms with Gasteiger partial charge < -0.3 is 9.80 Å². The molecule has 0 aromatic heterocycles. The minimum atomic E-state index is -0.380. The van der Waals surface area contributed by atoms with Gasteiger partial charge in [-0.25, -0.2) is 4.39 Å². The van der Waals surface area contributed by atoms with Crippen molar-refractivity contribution in [3.63, 3.8) is 0 Å². The van der Waals surface area contributed by atoms with Crippen LogP contribution in [0.25, 0.3) is 0 Å². The Morgan fingerprint density at radius 2 is 1.84 bits per heavy atom. The maximum absolute atomic E-state index is 13.2. The average Bonchev–Trinajstić information content (AvgIpc) is 3.05. The highest BCUT2D eigenvalue weighted by Gasteiger charge is 2.33. The first kappa shape index (κ1) is 24.8. The molecule has 0 N–H and O–H groups in total. The van der Waals surface area contributed by atoms with Gasteiger partial charge in [0.25, 0.3) is 0 Å². The minimum absolute atomic E-state index is 0.0144. The molecule has 0 spiro atoms. The third-order valence-corrected chi connectivity index (χ3v) is 5.37. The van der Waals surface area contributed by atoms with Crippen LogP contribution in [-0.2, 0) is 14.4 Å². The summed E-state index contributed by atoms with van der Waals surface area (Å²) < 4.78 is 13.2. The van der Waals surface area contributed by atoms with Gasteiger partial charge in [-0.1, -0.05) is 41.0 Å². The molecule has 1 aliphatic heterocycles. The van der Waals surface area contributed by atoms with Crippen LogP contribution in [0.2, 0.25) is 0 Å². The molecule has 0 aliphatic carbocycles. The maximum atomic E-state index is 13.2. The van der Waals surface area contributed by atoms with Gasteiger partial charge in [0, 0.05) is 18.7 Å². The van der Waals surface area contributed by atoms with Gasteiger partial charge >= 0.3 is 0 Å². The van der Waals surface area contributed by atoms with Crippen molar-refractivity contribution in [2.75, 3.05) is 31.2 Å². The van der Waals surface area contributed by atoms with Gasteiger partial charge in [-0.05, 0) is 48.4 Å². The van der Waals surface area contributed by atoms with Crippen LogP contribution in [0.5, 0.6) is 0 Å². The SMILES string of the molecule is CCCCN(CC(=O)N1CC(=O)N(c2ccc(F)cc2)C1)C(=O)C[C@@H](C)CC(C)(C)C. The molecule has 1 heterocycles. The van der Waals surface area contributed by atoms with Crippen molar-refractivity contribution in [2.45, 2.75) is 60.3 Å². The van der Waals surface area contributed by atoms with Crippen molar-refractivity contribution >= 4 is 23.4 Å². The van der Waals surface area contributed by atoms with Crippen LogP contribution in [0, 0.1) is 17.2 Å². The summed E-state index contributed by atoms with van der Waals surface area (Å²) in [5.41, 5.74) is 0.695. The first-order valence-corrected chi connectivity index (χ1v) is 11.1. The van der Waals surface area contributed by atoms with Gasteiger partial charge in [-0.3, -0.25) is 19.3 Å². The van der Waals surface area contributed by atoms with Crippen molar-refractivity contribution in [3.8, 4) is 0 Å². The molecule has 1 atom stereocenters. The van der Waals surface area contributed by atoms with E-state index < -0.39 is 0 Å². The lowest BCUT2D eigenvalue weighted by atomic mass is 9.84. The Hall–Kier alpha value is -2.44. The monoisotopic (exact) mass is 433 g/mol. The van der Waals surface area contributed by atoms with E-state index in [9.17, 15) is 18.8 Å².